The van der Waals surface area contributed by atoms with Gasteiger partial charge in [-0.25, -0.2) is 0 Å². The smallest absolute Gasteiger partial charge is 0.338 e. The van der Waals surface area contributed by atoms with Crippen molar-refractivity contribution < 1.29 is 0 Å². The number of rotatable bonds is 3. The monoisotopic (exact) mass is 180 g/mol. The van der Waals surface area contributed by atoms with Crippen LogP contribution in [0.25, 0.3) is 0 Å². The Morgan fingerprint density at radius 1 is 0.900 bits per heavy atom. The molecule has 0 aromatic carbocycles. The van der Waals surface area contributed by atoms with Gasteiger partial charge in [0, 0.05) is 0 Å². The summed E-state index contributed by atoms with van der Waals surface area (Å²) in [5.74, 6) is 0. The number of nitrogens with zero attached hydrogens (tertiary/aromatic N) is 2. The van der Waals surface area contributed by atoms with E-state index in [-0.39, 0.29) is 12.3 Å². The van der Waals surface area contributed by atoms with Crippen LogP contribution in [0.2, 0.25) is 0 Å². The number of hydrogen-bond acceptors (Lipinski definition) is 2. The third kappa shape index (κ3) is 3.15. The maximum atomic E-state index is 5.72. The van der Waals surface area contributed by atoms with Gasteiger partial charge in [0.15, 0.2) is 0 Å². The molecule has 0 atom stereocenters. The lowest BCUT2D eigenvalue weighted by Gasteiger charge is -2.25. The highest BCUT2D eigenvalue weighted by atomic mass is 35.5. The van der Waals surface area contributed by atoms with Crippen molar-refractivity contribution in [3.05, 3.63) is 0 Å². The average Bonchev–Trinajstić information content (AvgIpc) is 1.59. The zero-order chi connectivity index (χ0) is 8.31. The van der Waals surface area contributed by atoms with Gasteiger partial charge in [-0.05, 0) is 28.2 Å². The van der Waals surface area contributed by atoms with E-state index in [2.05, 4.69) is 0 Å². The molecule has 0 aliphatic heterocycles. The zero-order valence-electron chi connectivity index (χ0n) is 6.81. The topological polar surface area (TPSA) is 6.48 Å². The molecule has 0 aliphatic carbocycles. The third-order valence-electron chi connectivity index (χ3n) is 1.28. The normalized spacial score (nSPS) is 10.8. The van der Waals surface area contributed by atoms with Gasteiger partial charge in [0.1, 0.15) is 0 Å². The Kier molecular flexibility index (Phi) is 4.78. The first-order valence-corrected chi connectivity index (χ1v) is 3.95. The second-order valence-corrected chi connectivity index (χ2v) is 3.84. The summed E-state index contributed by atoms with van der Waals surface area (Å²) in [6, 6.07) is 0. The maximum Gasteiger partial charge on any atom is 0.357 e. The minimum absolute atomic E-state index is 0.0864. The van der Waals surface area contributed by atoms with Gasteiger partial charge >= 0.3 is 12.3 Å². The van der Waals surface area contributed by atoms with Crippen molar-refractivity contribution in [3.8, 4) is 0 Å². The highest BCUT2D eigenvalue weighted by molar-refractivity contribution is 7.59. The van der Waals surface area contributed by atoms with Crippen LogP contribution >= 0.6 is 22.9 Å². The molecule has 0 heterocycles. The molecule has 0 amide bonds. The van der Waals surface area contributed by atoms with Crippen molar-refractivity contribution in [3.63, 3.8) is 0 Å². The van der Waals surface area contributed by atoms with Crippen LogP contribution in [0.1, 0.15) is 0 Å². The van der Waals surface area contributed by atoms with E-state index in [1.807, 2.05) is 37.8 Å². The first-order chi connectivity index (χ1) is 4.46. The Morgan fingerprint density at radius 3 is 1.20 bits per heavy atom. The van der Waals surface area contributed by atoms with Gasteiger partial charge in [0.2, 0.25) is 0 Å². The van der Waals surface area contributed by atoms with Crippen LogP contribution in [0.5, 0.6) is 0 Å². The van der Waals surface area contributed by atoms with Crippen molar-refractivity contribution in [1.29, 1.82) is 0 Å². The van der Waals surface area contributed by atoms with Gasteiger partial charge in [-0.2, -0.15) is 22.9 Å². The minimum atomic E-state index is -0.370. The molecule has 0 radical (unpaired) electrons. The molecule has 2 nitrogen and oxygen atoms in total. The molecular formula is C4H12B2Cl2N2. The molecule has 58 valence electrons. The Hall–Kier alpha value is 0.630. The van der Waals surface area contributed by atoms with Crippen LogP contribution in [-0.4, -0.2) is 50.1 Å². The summed E-state index contributed by atoms with van der Waals surface area (Å²) >= 11 is 11.4. The molecule has 0 saturated heterocycles. The van der Waals surface area contributed by atoms with E-state index in [0.717, 1.165) is 0 Å². The zero-order valence-corrected chi connectivity index (χ0v) is 8.32. The molecule has 0 bridgehead atoms. The Labute approximate surface area is 73.5 Å². The van der Waals surface area contributed by atoms with E-state index in [1.165, 1.54) is 0 Å². The van der Waals surface area contributed by atoms with Gasteiger partial charge in [0.25, 0.3) is 0 Å². The Balaban J connectivity index is 3.98. The van der Waals surface area contributed by atoms with E-state index in [9.17, 15) is 0 Å². The van der Waals surface area contributed by atoms with Crippen molar-refractivity contribution in [2.24, 2.45) is 0 Å². The molecule has 10 heavy (non-hydrogen) atoms. The molecule has 6 heteroatoms. The van der Waals surface area contributed by atoms with E-state index in [0.29, 0.717) is 0 Å². The van der Waals surface area contributed by atoms with E-state index in [1.54, 1.807) is 0 Å². The first kappa shape index (κ1) is 10.6. The van der Waals surface area contributed by atoms with Gasteiger partial charge in [-0.1, -0.05) is 0 Å². The molecule has 0 rings (SSSR count). The van der Waals surface area contributed by atoms with E-state index in [4.69, 9.17) is 22.9 Å². The molecule has 0 unspecified atom stereocenters. The summed E-state index contributed by atoms with van der Waals surface area (Å²) in [6.45, 7) is 0.0864. The molecule has 0 fully saturated rings. The Morgan fingerprint density at radius 2 is 1.20 bits per heavy atom. The average molecular weight is 181 g/mol. The number of hydrogen-bond donors (Lipinski definition) is 0. The fraction of sp³-hybridized carbons (Fsp3) is 1.00. The quantitative estimate of drug-likeness (QED) is 0.589. The second kappa shape index (κ2) is 4.50. The lowest BCUT2D eigenvalue weighted by atomic mass is 9.48. The van der Waals surface area contributed by atoms with Gasteiger partial charge < -0.3 is 9.62 Å². The van der Waals surface area contributed by atoms with Gasteiger partial charge in [-0.3, -0.25) is 0 Å². The summed E-state index contributed by atoms with van der Waals surface area (Å²) in [7, 11) is 7.79. The summed E-state index contributed by atoms with van der Waals surface area (Å²) < 4.78 is 0. The highest BCUT2D eigenvalue weighted by Crippen LogP contribution is 2.05. The van der Waals surface area contributed by atoms with E-state index >= 15 is 0 Å². The largest absolute Gasteiger partial charge is 0.357 e. The van der Waals surface area contributed by atoms with Crippen LogP contribution in [0.4, 0.5) is 0 Å². The highest BCUT2D eigenvalue weighted by Gasteiger charge is 2.31. The van der Waals surface area contributed by atoms with Crippen molar-refractivity contribution in [1.82, 2.24) is 9.62 Å². The predicted octanol–water partition coefficient (Wildman–Crippen LogP) is 0.642. The maximum absolute atomic E-state index is 5.72. The summed E-state index contributed by atoms with van der Waals surface area (Å²) in [5, 5.41) is 0. The molecule has 0 saturated carbocycles. The SMILES string of the molecule is CN(C)B(B(Cl)Cl)N(C)C. The molecule has 0 aliphatic rings. The van der Waals surface area contributed by atoms with Crippen molar-refractivity contribution in [2.75, 3.05) is 28.2 Å². The Bertz CT molecular complexity index is 80.2. The van der Waals surface area contributed by atoms with Crippen molar-refractivity contribution >= 4 is 35.2 Å². The lowest BCUT2D eigenvalue weighted by molar-refractivity contribution is 0.538. The number of halogens is 2. The van der Waals surface area contributed by atoms with Crippen LogP contribution in [0, 0.1) is 0 Å². The van der Waals surface area contributed by atoms with Crippen LogP contribution in [0.15, 0.2) is 0 Å². The molecular weight excluding hydrogens is 169 g/mol. The molecule has 0 aromatic rings. The third-order valence-corrected chi connectivity index (χ3v) is 1.73. The minimum Gasteiger partial charge on any atom is -0.338 e. The molecule has 0 N–H and O–H groups in total. The first-order valence-electron chi connectivity index (χ1n) is 3.08. The predicted molar refractivity (Wildman–Crippen MR) is 50.6 cm³/mol. The van der Waals surface area contributed by atoms with Crippen molar-refractivity contribution in [2.45, 2.75) is 0 Å². The summed E-state index contributed by atoms with van der Waals surface area (Å²) in [4.78, 5) is 3.95. The van der Waals surface area contributed by atoms with Crippen LogP contribution in [0.3, 0.4) is 0 Å². The molecule has 0 aromatic heterocycles. The standard InChI is InChI=1S/C4H12B2Cl2N2/c1-9(2)6(5(7)8)10(3)4/h1-4H3. The fourth-order valence-electron chi connectivity index (χ4n) is 0.913. The van der Waals surface area contributed by atoms with Crippen LogP contribution in [-0.2, 0) is 0 Å². The van der Waals surface area contributed by atoms with Gasteiger partial charge in [-0.15, -0.1) is 0 Å². The van der Waals surface area contributed by atoms with Gasteiger partial charge in [0.05, 0.1) is 0 Å². The second-order valence-electron chi connectivity index (χ2n) is 2.68. The van der Waals surface area contributed by atoms with E-state index < -0.39 is 0 Å². The molecule has 0 spiro atoms. The summed E-state index contributed by atoms with van der Waals surface area (Å²) in [6.07, 6.45) is 0. The lowest BCUT2D eigenvalue weighted by Crippen LogP contribution is -2.52. The fourth-order valence-corrected chi connectivity index (χ4v) is 1.81. The van der Waals surface area contributed by atoms with Crippen LogP contribution < -0.4 is 0 Å². The summed E-state index contributed by atoms with van der Waals surface area (Å²) in [5.41, 5.74) is -0.370.